The molecule has 0 atom stereocenters. The minimum atomic E-state index is 0. The summed E-state index contributed by atoms with van der Waals surface area (Å²) in [7, 11) is 0. The van der Waals surface area contributed by atoms with Gasteiger partial charge in [0.1, 0.15) is 0 Å². The molecule has 1 rings (SSSR count). The van der Waals surface area contributed by atoms with Crippen LogP contribution in [-0.4, -0.2) is 6.54 Å². The third-order valence-electron chi connectivity index (χ3n) is 2.06. The molecule has 0 aromatic carbocycles. The molecule has 0 saturated heterocycles. The van der Waals surface area contributed by atoms with Crippen molar-refractivity contribution in [1.82, 2.24) is 0 Å². The molecule has 0 unspecified atom stereocenters. The number of hydrogen-bond donors (Lipinski definition) is 1. The van der Waals surface area contributed by atoms with Crippen LogP contribution in [-0.2, 0) is 0 Å². The topological polar surface area (TPSA) is 26.0 Å². The van der Waals surface area contributed by atoms with Crippen LogP contribution in [0.25, 0.3) is 0 Å². The normalized spacial score (nSPS) is 13.8. The molecule has 0 heterocycles. The van der Waals surface area contributed by atoms with Gasteiger partial charge in [-0.1, -0.05) is 60.8 Å². The summed E-state index contributed by atoms with van der Waals surface area (Å²) in [5.41, 5.74) is 5.50. The first-order valence-corrected chi connectivity index (χ1v) is 6.63. The molecule has 2 N–H and O–H groups in total. The summed E-state index contributed by atoms with van der Waals surface area (Å²) in [5, 5.41) is 0. The molecule has 15 heavy (non-hydrogen) atoms. The Morgan fingerprint density at radius 2 is 1.13 bits per heavy atom. The molecule has 98 valence electrons. The average molecular weight is 284 g/mol. The second kappa shape index (κ2) is 29.3. The van der Waals surface area contributed by atoms with Crippen LogP contribution in [0.4, 0.5) is 0 Å². The Balaban J connectivity index is -0.0000000755. The molecule has 1 saturated carbocycles. The Kier molecular flexibility index (Phi) is 48.0. The average Bonchev–Trinajstić information content (AvgIpc) is 2.37. The molecule has 0 amide bonds. The predicted octanol–water partition coefficient (Wildman–Crippen LogP) is 5.18. The highest BCUT2D eigenvalue weighted by Gasteiger charge is 2.09. The van der Waals surface area contributed by atoms with E-state index >= 15 is 0 Å². The quantitative estimate of drug-likeness (QED) is 0.705. The van der Waals surface area contributed by atoms with E-state index in [1.807, 2.05) is 41.5 Å². The van der Waals surface area contributed by atoms with Gasteiger partial charge in [0.05, 0.1) is 0 Å². The maximum absolute atomic E-state index is 5.50. The molecule has 0 aromatic heterocycles. The zero-order chi connectivity index (χ0) is 11.8. The minimum absolute atomic E-state index is 0. The summed E-state index contributed by atoms with van der Waals surface area (Å²) in [6, 6.07) is 0. The van der Waals surface area contributed by atoms with Gasteiger partial charge in [-0.3, -0.25) is 0 Å². The summed E-state index contributed by atoms with van der Waals surface area (Å²) < 4.78 is 0. The largest absolute Gasteiger partial charge is 0.330 e. The summed E-state index contributed by atoms with van der Waals surface area (Å²) in [6.45, 7) is 12.9. The van der Waals surface area contributed by atoms with E-state index < -0.39 is 0 Å². The van der Waals surface area contributed by atoms with E-state index in [9.17, 15) is 0 Å². The van der Waals surface area contributed by atoms with Gasteiger partial charge in [0, 0.05) is 0 Å². The van der Waals surface area contributed by atoms with Crippen LogP contribution in [0.1, 0.15) is 73.6 Å². The Bertz CT molecular complexity index is 61.6. The van der Waals surface area contributed by atoms with Crippen molar-refractivity contribution in [3.8, 4) is 0 Å². The van der Waals surface area contributed by atoms with Crippen LogP contribution in [0.3, 0.4) is 0 Å². The molecular weight excluding hydrogens is 250 g/mol. The van der Waals surface area contributed by atoms with Crippen molar-refractivity contribution in [3.63, 3.8) is 0 Å². The lowest BCUT2D eigenvalue weighted by Crippen LogP contribution is -2.16. The fourth-order valence-electron chi connectivity index (χ4n) is 1.42. The van der Waals surface area contributed by atoms with Gasteiger partial charge in [0.25, 0.3) is 0 Å². The third kappa shape index (κ3) is 20.5. The predicted molar refractivity (Wildman–Crippen MR) is 80.0 cm³/mol. The maximum Gasteiger partial charge on any atom is -0.00489 e. The Morgan fingerprint density at radius 3 is 1.33 bits per heavy atom. The van der Waals surface area contributed by atoms with Gasteiger partial charge in [-0.2, -0.15) is 0 Å². The molecule has 0 aromatic rings. The summed E-state index contributed by atoms with van der Waals surface area (Å²) in [5.74, 6) is 0.865. The fourth-order valence-corrected chi connectivity index (χ4v) is 1.42. The number of hydrogen-bond acceptors (Lipinski definition) is 1. The van der Waals surface area contributed by atoms with E-state index in [4.69, 9.17) is 5.73 Å². The van der Waals surface area contributed by atoms with Gasteiger partial charge in [0.2, 0.25) is 0 Å². The standard InChI is InChI=1S/C7H15N.3C2H6.BrH/c8-6-7-4-2-1-3-5-7;3*1-2;/h7H,1-6,8H2;3*1-2H3;1H. The summed E-state index contributed by atoms with van der Waals surface area (Å²) in [6.07, 6.45) is 7.05. The van der Waals surface area contributed by atoms with Crippen LogP contribution in [0, 0.1) is 5.92 Å². The van der Waals surface area contributed by atoms with Crippen LogP contribution < -0.4 is 5.73 Å². The third-order valence-corrected chi connectivity index (χ3v) is 2.06. The van der Waals surface area contributed by atoms with Gasteiger partial charge in [0.15, 0.2) is 0 Å². The zero-order valence-electron chi connectivity index (χ0n) is 11.8. The molecule has 1 aliphatic rings. The number of nitrogens with two attached hydrogens (primary N) is 1. The van der Waals surface area contributed by atoms with Crippen molar-refractivity contribution in [2.45, 2.75) is 73.6 Å². The molecule has 0 bridgehead atoms. The highest BCUT2D eigenvalue weighted by atomic mass is 79.9. The first-order valence-electron chi connectivity index (χ1n) is 6.63. The van der Waals surface area contributed by atoms with E-state index in [2.05, 4.69) is 0 Å². The molecule has 1 fully saturated rings. The van der Waals surface area contributed by atoms with E-state index in [-0.39, 0.29) is 17.0 Å². The first kappa shape index (κ1) is 24.6. The van der Waals surface area contributed by atoms with Crippen molar-refractivity contribution in [2.24, 2.45) is 11.7 Å². The highest BCUT2D eigenvalue weighted by Crippen LogP contribution is 2.21. The summed E-state index contributed by atoms with van der Waals surface area (Å²) >= 11 is 0. The van der Waals surface area contributed by atoms with Crippen LogP contribution in [0.15, 0.2) is 0 Å². The molecular formula is C13H34BrN. The van der Waals surface area contributed by atoms with Gasteiger partial charge in [-0.15, -0.1) is 17.0 Å². The van der Waals surface area contributed by atoms with Gasteiger partial charge in [-0.05, 0) is 25.3 Å². The van der Waals surface area contributed by atoms with E-state index in [1.165, 1.54) is 32.1 Å². The SMILES string of the molecule is Br.CC.CC.CC.NCC1CCCCC1. The molecule has 1 nitrogen and oxygen atoms in total. The van der Waals surface area contributed by atoms with Crippen LogP contribution in [0.5, 0.6) is 0 Å². The molecule has 2 heteroatoms. The monoisotopic (exact) mass is 283 g/mol. The van der Waals surface area contributed by atoms with E-state index in [0.717, 1.165) is 12.5 Å². The summed E-state index contributed by atoms with van der Waals surface area (Å²) in [4.78, 5) is 0. The van der Waals surface area contributed by atoms with Crippen molar-refractivity contribution in [2.75, 3.05) is 6.54 Å². The van der Waals surface area contributed by atoms with Crippen molar-refractivity contribution in [1.29, 1.82) is 0 Å². The van der Waals surface area contributed by atoms with Crippen molar-refractivity contribution >= 4 is 17.0 Å². The lowest BCUT2D eigenvalue weighted by molar-refractivity contribution is 0.366. The first-order chi connectivity index (χ1) is 6.93. The molecule has 0 aliphatic heterocycles. The van der Waals surface area contributed by atoms with Crippen LogP contribution >= 0.6 is 17.0 Å². The minimum Gasteiger partial charge on any atom is -0.330 e. The Labute approximate surface area is 109 Å². The Morgan fingerprint density at radius 1 is 0.800 bits per heavy atom. The van der Waals surface area contributed by atoms with Crippen molar-refractivity contribution in [3.05, 3.63) is 0 Å². The number of rotatable bonds is 1. The fraction of sp³-hybridized carbons (Fsp3) is 1.00. The van der Waals surface area contributed by atoms with E-state index in [1.54, 1.807) is 0 Å². The second-order valence-corrected chi connectivity index (χ2v) is 2.74. The van der Waals surface area contributed by atoms with Gasteiger partial charge < -0.3 is 5.73 Å². The van der Waals surface area contributed by atoms with Crippen molar-refractivity contribution < 1.29 is 0 Å². The maximum atomic E-state index is 5.50. The smallest absolute Gasteiger partial charge is 0.00489 e. The lowest BCUT2D eigenvalue weighted by atomic mass is 9.90. The van der Waals surface area contributed by atoms with Gasteiger partial charge >= 0.3 is 0 Å². The lowest BCUT2D eigenvalue weighted by Gasteiger charge is -2.18. The highest BCUT2D eigenvalue weighted by molar-refractivity contribution is 8.93. The Hall–Kier alpha value is 0.440. The van der Waals surface area contributed by atoms with Crippen LogP contribution in [0.2, 0.25) is 0 Å². The molecule has 0 radical (unpaired) electrons. The molecule has 1 aliphatic carbocycles. The van der Waals surface area contributed by atoms with E-state index in [0.29, 0.717) is 0 Å². The zero-order valence-corrected chi connectivity index (χ0v) is 13.5. The van der Waals surface area contributed by atoms with Gasteiger partial charge in [-0.25, -0.2) is 0 Å². The molecule has 0 spiro atoms. The second-order valence-electron chi connectivity index (χ2n) is 2.74. The number of halogens is 1.